The van der Waals surface area contributed by atoms with Gasteiger partial charge in [0.15, 0.2) is 6.29 Å². The summed E-state index contributed by atoms with van der Waals surface area (Å²) in [6.07, 6.45) is 0.155. The van der Waals surface area contributed by atoms with Gasteiger partial charge in [-0.2, -0.15) is 0 Å². The number of hydrogen-bond acceptors (Lipinski definition) is 3. The van der Waals surface area contributed by atoms with Gasteiger partial charge < -0.3 is 4.74 Å². The van der Waals surface area contributed by atoms with Crippen molar-refractivity contribution in [2.45, 2.75) is 12.7 Å². The fourth-order valence-electron chi connectivity index (χ4n) is 0.303. The van der Waals surface area contributed by atoms with Gasteiger partial charge in [0.05, 0.1) is 0 Å². The van der Waals surface area contributed by atoms with Crippen LogP contribution in [-0.4, -0.2) is 24.0 Å². The highest BCUT2D eigenvalue weighted by Gasteiger charge is 2.02. The van der Waals surface area contributed by atoms with Gasteiger partial charge in [0.1, 0.15) is 0 Å². The van der Waals surface area contributed by atoms with Crippen LogP contribution in [0.25, 0.3) is 0 Å². The Morgan fingerprint density at radius 2 is 2.38 bits per heavy atom. The van der Waals surface area contributed by atoms with Gasteiger partial charge in [-0.1, -0.05) is 15.9 Å². The molecule has 0 aliphatic carbocycles. The molecule has 0 aliphatic heterocycles. The average molecular weight is 185 g/mol. The Hall–Kier alpha value is 0.360. The van der Waals surface area contributed by atoms with Crippen LogP contribution in [0.3, 0.4) is 0 Å². The quantitative estimate of drug-likeness (QED) is 0.310. The summed E-state index contributed by atoms with van der Waals surface area (Å²) in [6.45, 7) is 0. The molecule has 1 atom stereocenters. The molecule has 0 aromatic rings. The molecule has 0 amide bonds. The molecule has 0 spiro atoms. The van der Waals surface area contributed by atoms with Crippen LogP contribution in [0, 0.1) is 0 Å². The molecule has 4 heteroatoms. The van der Waals surface area contributed by atoms with Gasteiger partial charge in [-0.25, -0.2) is 10.1 Å². The van der Waals surface area contributed by atoms with E-state index in [0.717, 1.165) is 5.33 Å². The van der Waals surface area contributed by atoms with E-state index in [1.165, 1.54) is 7.11 Å². The van der Waals surface area contributed by atoms with Crippen molar-refractivity contribution < 1.29 is 14.9 Å². The Morgan fingerprint density at radius 3 is 2.50 bits per heavy atom. The highest BCUT2D eigenvalue weighted by molar-refractivity contribution is 9.09. The maximum Gasteiger partial charge on any atom is 0.191 e. The minimum atomic E-state index is -0.491. The Balaban J connectivity index is 3.07. The number of rotatable bonds is 4. The third-order valence-corrected chi connectivity index (χ3v) is 1.18. The number of alkyl halides is 1. The van der Waals surface area contributed by atoms with Crippen molar-refractivity contribution in [3.05, 3.63) is 0 Å². The van der Waals surface area contributed by atoms with Crippen LogP contribution in [-0.2, 0) is 9.62 Å². The third-order valence-electron chi connectivity index (χ3n) is 0.725. The zero-order valence-corrected chi connectivity index (χ0v) is 6.22. The summed E-state index contributed by atoms with van der Waals surface area (Å²) >= 11 is 3.16. The molecule has 0 aromatic heterocycles. The maximum absolute atomic E-state index is 8.01. The number of hydrogen-bond donors (Lipinski definition) is 1. The van der Waals surface area contributed by atoms with Crippen molar-refractivity contribution in [3.8, 4) is 0 Å². The van der Waals surface area contributed by atoms with E-state index in [4.69, 9.17) is 5.26 Å². The van der Waals surface area contributed by atoms with Gasteiger partial charge in [0.25, 0.3) is 0 Å². The van der Waals surface area contributed by atoms with Crippen LogP contribution in [0.1, 0.15) is 6.42 Å². The van der Waals surface area contributed by atoms with Crippen molar-refractivity contribution in [3.63, 3.8) is 0 Å². The average Bonchev–Trinajstić information content (AvgIpc) is 1.83. The molecule has 1 unspecified atom stereocenters. The minimum absolute atomic E-state index is 0.491. The van der Waals surface area contributed by atoms with Crippen LogP contribution in [0.5, 0.6) is 0 Å². The number of halogens is 1. The first-order valence-corrected chi connectivity index (χ1v) is 3.36. The minimum Gasteiger partial charge on any atom is -0.353 e. The van der Waals surface area contributed by atoms with E-state index in [1.54, 1.807) is 0 Å². The van der Waals surface area contributed by atoms with Crippen LogP contribution in [0.15, 0.2) is 0 Å². The van der Waals surface area contributed by atoms with E-state index in [-0.39, 0.29) is 0 Å². The molecule has 0 aliphatic rings. The van der Waals surface area contributed by atoms with Gasteiger partial charge in [-0.15, -0.1) is 0 Å². The molecular formula is C4H9BrO3. The lowest BCUT2D eigenvalue weighted by atomic mass is 10.5. The summed E-state index contributed by atoms with van der Waals surface area (Å²) < 4.78 is 4.64. The fourth-order valence-corrected chi connectivity index (χ4v) is 0.676. The molecule has 0 rings (SSSR count). The molecule has 0 aromatic carbocycles. The van der Waals surface area contributed by atoms with E-state index in [9.17, 15) is 0 Å². The van der Waals surface area contributed by atoms with Gasteiger partial charge in [0, 0.05) is 18.9 Å². The highest BCUT2D eigenvalue weighted by Crippen LogP contribution is 1.98. The molecule has 8 heavy (non-hydrogen) atoms. The number of methoxy groups -OCH3 is 1. The van der Waals surface area contributed by atoms with Gasteiger partial charge in [-0.3, -0.25) is 0 Å². The Morgan fingerprint density at radius 1 is 1.75 bits per heavy atom. The molecule has 50 valence electrons. The molecule has 0 radical (unpaired) electrons. The van der Waals surface area contributed by atoms with Crippen molar-refractivity contribution >= 4 is 15.9 Å². The first-order chi connectivity index (χ1) is 3.85. The normalized spacial score (nSPS) is 13.9. The third kappa shape index (κ3) is 3.37. The van der Waals surface area contributed by atoms with Crippen LogP contribution in [0.2, 0.25) is 0 Å². The van der Waals surface area contributed by atoms with E-state index in [0.29, 0.717) is 6.42 Å². The maximum atomic E-state index is 8.01. The van der Waals surface area contributed by atoms with E-state index in [1.807, 2.05) is 0 Å². The van der Waals surface area contributed by atoms with Crippen molar-refractivity contribution in [1.29, 1.82) is 0 Å². The summed E-state index contributed by atoms with van der Waals surface area (Å²) in [7, 11) is 1.48. The summed E-state index contributed by atoms with van der Waals surface area (Å²) in [4.78, 5) is 3.89. The second-order valence-corrected chi connectivity index (χ2v) is 2.04. The fraction of sp³-hybridized carbons (Fsp3) is 1.00. The second-order valence-electron chi connectivity index (χ2n) is 1.25. The lowest BCUT2D eigenvalue weighted by Crippen LogP contribution is -2.13. The van der Waals surface area contributed by atoms with Gasteiger partial charge in [-0.05, 0) is 0 Å². The summed E-state index contributed by atoms with van der Waals surface area (Å²) in [5.74, 6) is 0. The topological polar surface area (TPSA) is 38.7 Å². The predicted octanol–water partition coefficient (Wildman–Crippen LogP) is 1.23. The first kappa shape index (κ1) is 8.36. The predicted molar refractivity (Wildman–Crippen MR) is 32.9 cm³/mol. The van der Waals surface area contributed by atoms with E-state index in [2.05, 4.69) is 25.6 Å². The molecule has 0 saturated heterocycles. The molecular weight excluding hydrogens is 176 g/mol. The lowest BCUT2D eigenvalue weighted by Gasteiger charge is -2.07. The zero-order chi connectivity index (χ0) is 6.41. The highest BCUT2D eigenvalue weighted by atomic mass is 79.9. The molecule has 0 bridgehead atoms. The van der Waals surface area contributed by atoms with Crippen LogP contribution in [0.4, 0.5) is 0 Å². The zero-order valence-electron chi connectivity index (χ0n) is 4.63. The molecule has 3 nitrogen and oxygen atoms in total. The van der Waals surface area contributed by atoms with Crippen molar-refractivity contribution in [1.82, 2.24) is 0 Å². The monoisotopic (exact) mass is 184 g/mol. The smallest absolute Gasteiger partial charge is 0.191 e. The lowest BCUT2D eigenvalue weighted by molar-refractivity contribution is -0.340. The Kier molecular flexibility index (Phi) is 5.74. The van der Waals surface area contributed by atoms with E-state index >= 15 is 0 Å². The Labute approximate surface area is 56.7 Å². The molecule has 0 fully saturated rings. The van der Waals surface area contributed by atoms with Gasteiger partial charge >= 0.3 is 0 Å². The van der Waals surface area contributed by atoms with Gasteiger partial charge in [0.2, 0.25) is 0 Å². The standard InChI is InChI=1S/C4H9BrO3/c1-7-4(8-6)2-3-5/h4,6H,2-3H2,1H3. The SMILES string of the molecule is COC(CCBr)OO. The summed E-state index contributed by atoms with van der Waals surface area (Å²) in [5, 5.41) is 8.77. The van der Waals surface area contributed by atoms with Crippen molar-refractivity contribution in [2.75, 3.05) is 12.4 Å². The van der Waals surface area contributed by atoms with E-state index < -0.39 is 6.29 Å². The van der Waals surface area contributed by atoms with Crippen molar-refractivity contribution in [2.24, 2.45) is 0 Å². The second kappa shape index (κ2) is 5.50. The summed E-state index contributed by atoms with van der Waals surface area (Å²) in [5.41, 5.74) is 0. The number of ether oxygens (including phenoxy) is 1. The Bertz CT molecular complexity index is 46.5. The molecule has 0 saturated carbocycles. The molecule has 1 N–H and O–H groups in total. The molecule has 0 heterocycles. The largest absolute Gasteiger partial charge is 0.353 e. The van der Waals surface area contributed by atoms with Crippen LogP contribution >= 0.6 is 15.9 Å². The van der Waals surface area contributed by atoms with Crippen LogP contribution < -0.4 is 0 Å². The summed E-state index contributed by atoms with van der Waals surface area (Å²) in [6, 6.07) is 0. The first-order valence-electron chi connectivity index (χ1n) is 2.24.